The number of aliphatic hydroxyl groups is 1. The summed E-state index contributed by atoms with van der Waals surface area (Å²) in [6, 6.07) is 11.8. The number of morpholine rings is 1. The Bertz CT molecular complexity index is 806. The van der Waals surface area contributed by atoms with Crippen molar-refractivity contribution in [2.75, 3.05) is 37.7 Å². The van der Waals surface area contributed by atoms with E-state index < -0.39 is 6.10 Å². The molecule has 28 heavy (non-hydrogen) atoms. The molecule has 0 unspecified atom stereocenters. The normalized spacial score (nSPS) is 20.3. The number of aliphatic hydroxyl groups excluding tert-OH is 1. The number of fused-ring (bicyclic) bond motifs is 1. The van der Waals surface area contributed by atoms with E-state index in [-0.39, 0.29) is 18.5 Å². The van der Waals surface area contributed by atoms with Crippen molar-refractivity contribution >= 4 is 11.7 Å². The van der Waals surface area contributed by atoms with Crippen LogP contribution in [0.25, 0.3) is 0 Å². The minimum absolute atomic E-state index is 0.0722. The lowest BCUT2D eigenvalue weighted by Crippen LogP contribution is -2.49. The summed E-state index contributed by atoms with van der Waals surface area (Å²) in [6.07, 6.45) is 1.68. The number of carbonyl (C=O) groups is 1. The number of ether oxygens (including phenoxy) is 1. The number of aromatic nitrogens is 1. The second-order valence-corrected chi connectivity index (χ2v) is 7.24. The third-order valence-electron chi connectivity index (χ3n) is 5.39. The van der Waals surface area contributed by atoms with Crippen LogP contribution in [-0.2, 0) is 17.7 Å². The van der Waals surface area contributed by atoms with E-state index >= 15 is 0 Å². The van der Waals surface area contributed by atoms with Crippen LogP contribution in [0.4, 0.5) is 5.82 Å². The van der Waals surface area contributed by atoms with Gasteiger partial charge in [-0.3, -0.25) is 4.79 Å². The van der Waals surface area contributed by atoms with Gasteiger partial charge >= 0.3 is 0 Å². The Morgan fingerprint density at radius 2 is 2.04 bits per heavy atom. The molecule has 0 bridgehead atoms. The van der Waals surface area contributed by atoms with Gasteiger partial charge in [0.05, 0.1) is 24.9 Å². The van der Waals surface area contributed by atoms with E-state index in [9.17, 15) is 9.90 Å². The summed E-state index contributed by atoms with van der Waals surface area (Å²) in [4.78, 5) is 18.9. The largest absolute Gasteiger partial charge is 0.390 e. The van der Waals surface area contributed by atoms with E-state index in [1.807, 2.05) is 18.2 Å². The van der Waals surface area contributed by atoms with Crippen molar-refractivity contribution < 1.29 is 14.6 Å². The number of hydrogen-bond acceptors (Lipinski definition) is 6. The Hall–Kier alpha value is -2.48. The van der Waals surface area contributed by atoms with Crippen LogP contribution in [0.3, 0.4) is 0 Å². The molecule has 2 aliphatic heterocycles. The first kappa shape index (κ1) is 18.9. The molecule has 0 aliphatic carbocycles. The third kappa shape index (κ3) is 4.32. The summed E-state index contributed by atoms with van der Waals surface area (Å²) >= 11 is 0. The monoisotopic (exact) mass is 382 g/mol. The number of hydrogen-bond donors (Lipinski definition) is 3. The second kappa shape index (κ2) is 8.68. The van der Waals surface area contributed by atoms with E-state index in [4.69, 9.17) is 4.74 Å². The molecule has 2 aliphatic rings. The highest BCUT2D eigenvalue weighted by molar-refractivity contribution is 5.94. The molecule has 1 aromatic heterocycles. The Labute approximate surface area is 164 Å². The van der Waals surface area contributed by atoms with Gasteiger partial charge in [0.15, 0.2) is 0 Å². The molecule has 7 heteroatoms. The predicted octanol–water partition coefficient (Wildman–Crippen LogP) is 0.723. The molecular weight excluding hydrogens is 356 g/mol. The Morgan fingerprint density at radius 1 is 1.25 bits per heavy atom. The Balaban J connectivity index is 1.29. The van der Waals surface area contributed by atoms with Crippen LogP contribution in [0.1, 0.15) is 21.5 Å². The molecule has 1 amide bonds. The highest BCUT2D eigenvalue weighted by Gasteiger charge is 2.24. The molecule has 1 aromatic carbocycles. The third-order valence-corrected chi connectivity index (χ3v) is 5.39. The van der Waals surface area contributed by atoms with Gasteiger partial charge in [-0.1, -0.05) is 24.3 Å². The molecule has 2 aromatic rings. The fourth-order valence-corrected chi connectivity index (χ4v) is 3.69. The first-order valence-electron chi connectivity index (χ1n) is 9.76. The van der Waals surface area contributed by atoms with Gasteiger partial charge in [-0.05, 0) is 29.7 Å². The summed E-state index contributed by atoms with van der Waals surface area (Å²) in [7, 11) is 0. The van der Waals surface area contributed by atoms with Crippen molar-refractivity contribution in [3.63, 3.8) is 0 Å². The van der Waals surface area contributed by atoms with Crippen molar-refractivity contribution in [1.29, 1.82) is 0 Å². The zero-order valence-corrected chi connectivity index (χ0v) is 15.8. The molecule has 2 atom stereocenters. The molecule has 1 saturated heterocycles. The van der Waals surface area contributed by atoms with Gasteiger partial charge in [0, 0.05) is 38.4 Å². The SMILES string of the molecule is O=C(NC[C@@H](O)[C@@H]1Cc2ccccc2CN1)c1ccc(N2CCOCC2)nc1. The number of rotatable bonds is 5. The van der Waals surface area contributed by atoms with Crippen LogP contribution < -0.4 is 15.5 Å². The van der Waals surface area contributed by atoms with E-state index in [1.165, 1.54) is 11.1 Å². The highest BCUT2D eigenvalue weighted by Crippen LogP contribution is 2.18. The van der Waals surface area contributed by atoms with Crippen molar-refractivity contribution in [2.45, 2.75) is 25.1 Å². The van der Waals surface area contributed by atoms with Gasteiger partial charge in [0.2, 0.25) is 0 Å². The second-order valence-electron chi connectivity index (χ2n) is 7.24. The molecule has 3 N–H and O–H groups in total. The average molecular weight is 382 g/mol. The lowest BCUT2D eigenvalue weighted by atomic mass is 9.93. The molecule has 0 spiro atoms. The summed E-state index contributed by atoms with van der Waals surface area (Å²) < 4.78 is 5.34. The number of benzene rings is 1. The average Bonchev–Trinajstić information content (AvgIpc) is 2.77. The molecular formula is C21H26N4O3. The van der Waals surface area contributed by atoms with Gasteiger partial charge in [-0.25, -0.2) is 4.98 Å². The highest BCUT2D eigenvalue weighted by atomic mass is 16.5. The number of nitrogens with one attached hydrogen (secondary N) is 2. The summed E-state index contributed by atoms with van der Waals surface area (Å²) in [5.74, 6) is 0.626. The molecule has 4 rings (SSSR count). The standard InChI is InChI=1S/C21H26N4O3/c26-19(18-11-15-3-1-2-4-16(15)12-22-18)14-24-21(27)17-5-6-20(23-13-17)25-7-9-28-10-8-25/h1-6,13,18-19,22,26H,7-12,14H2,(H,24,27)/t18-,19+/m0/s1. The lowest BCUT2D eigenvalue weighted by molar-refractivity contribution is 0.0869. The molecule has 3 heterocycles. The van der Waals surface area contributed by atoms with Crippen LogP contribution in [-0.4, -0.2) is 61.0 Å². The van der Waals surface area contributed by atoms with E-state index in [1.54, 1.807) is 12.3 Å². The minimum Gasteiger partial charge on any atom is -0.390 e. The van der Waals surface area contributed by atoms with Crippen LogP contribution in [0.5, 0.6) is 0 Å². The molecule has 148 valence electrons. The van der Waals surface area contributed by atoms with Gasteiger partial charge in [0.25, 0.3) is 5.91 Å². The van der Waals surface area contributed by atoms with Crippen LogP contribution in [0, 0.1) is 0 Å². The number of anilines is 1. The number of pyridine rings is 1. The zero-order valence-electron chi connectivity index (χ0n) is 15.8. The van der Waals surface area contributed by atoms with E-state index in [2.05, 4.69) is 32.7 Å². The maximum Gasteiger partial charge on any atom is 0.252 e. The molecule has 1 fully saturated rings. The van der Waals surface area contributed by atoms with Crippen molar-refractivity contribution in [2.24, 2.45) is 0 Å². The van der Waals surface area contributed by atoms with Crippen LogP contribution >= 0.6 is 0 Å². The van der Waals surface area contributed by atoms with Crippen molar-refractivity contribution in [3.05, 3.63) is 59.3 Å². The Kier molecular flexibility index (Phi) is 5.85. The Morgan fingerprint density at radius 3 is 2.79 bits per heavy atom. The number of nitrogens with zero attached hydrogens (tertiary/aromatic N) is 2. The maximum atomic E-state index is 12.4. The molecule has 0 radical (unpaired) electrons. The van der Waals surface area contributed by atoms with Crippen LogP contribution in [0.2, 0.25) is 0 Å². The van der Waals surface area contributed by atoms with E-state index in [0.29, 0.717) is 18.8 Å². The first-order valence-corrected chi connectivity index (χ1v) is 9.76. The van der Waals surface area contributed by atoms with Crippen LogP contribution in [0.15, 0.2) is 42.6 Å². The van der Waals surface area contributed by atoms with Gasteiger partial charge in [-0.15, -0.1) is 0 Å². The van der Waals surface area contributed by atoms with Gasteiger partial charge in [0.1, 0.15) is 5.82 Å². The smallest absolute Gasteiger partial charge is 0.252 e. The minimum atomic E-state index is -0.655. The summed E-state index contributed by atoms with van der Waals surface area (Å²) in [5, 5.41) is 16.7. The summed E-state index contributed by atoms with van der Waals surface area (Å²) in [5.41, 5.74) is 3.01. The maximum absolute atomic E-state index is 12.4. The fourth-order valence-electron chi connectivity index (χ4n) is 3.69. The lowest BCUT2D eigenvalue weighted by Gasteiger charge is -2.30. The molecule has 0 saturated carbocycles. The zero-order chi connectivity index (χ0) is 19.3. The van der Waals surface area contributed by atoms with E-state index in [0.717, 1.165) is 31.9 Å². The first-order chi connectivity index (χ1) is 13.7. The number of carbonyl (C=O) groups excluding carboxylic acids is 1. The molecule has 7 nitrogen and oxygen atoms in total. The van der Waals surface area contributed by atoms with Crippen molar-refractivity contribution in [3.8, 4) is 0 Å². The fraction of sp³-hybridized carbons (Fsp3) is 0.429. The summed E-state index contributed by atoms with van der Waals surface area (Å²) in [6.45, 7) is 3.94. The van der Waals surface area contributed by atoms with Crippen molar-refractivity contribution in [1.82, 2.24) is 15.6 Å². The quantitative estimate of drug-likeness (QED) is 0.707. The predicted molar refractivity (Wildman–Crippen MR) is 106 cm³/mol. The topological polar surface area (TPSA) is 86.7 Å². The van der Waals surface area contributed by atoms with Gasteiger partial charge < -0.3 is 25.4 Å². The number of amides is 1. The van der Waals surface area contributed by atoms with Gasteiger partial charge in [-0.2, -0.15) is 0 Å².